The molecule has 0 atom stereocenters. The Hall–Kier alpha value is -6.98. The van der Waals surface area contributed by atoms with Gasteiger partial charge in [0.2, 0.25) is 0 Å². The molecule has 11 aromatic rings. The lowest BCUT2D eigenvalue weighted by atomic mass is 10.0. The quantitative estimate of drug-likeness (QED) is 0.190. The molecule has 0 aliphatic rings. The van der Waals surface area contributed by atoms with Gasteiger partial charge in [-0.3, -0.25) is 9.55 Å². The molecule has 0 fully saturated rings. The summed E-state index contributed by atoms with van der Waals surface area (Å²) in [5.74, 6) is 0. The van der Waals surface area contributed by atoms with Crippen LogP contribution in [0.5, 0.6) is 0 Å². The Labute approximate surface area is 292 Å². The van der Waals surface area contributed by atoms with Gasteiger partial charge in [-0.25, -0.2) is 4.98 Å². The van der Waals surface area contributed by atoms with Gasteiger partial charge in [0.25, 0.3) is 0 Å². The molecule has 0 aliphatic heterocycles. The van der Waals surface area contributed by atoms with Crippen LogP contribution < -0.4 is 0 Å². The Morgan fingerprint density at radius 1 is 0.333 bits per heavy atom. The van der Waals surface area contributed by atoms with Crippen LogP contribution >= 0.6 is 0 Å². The summed E-state index contributed by atoms with van der Waals surface area (Å²) in [6, 6.07) is 56.6. The Kier molecular flexibility index (Phi) is 5.89. The van der Waals surface area contributed by atoms with Crippen LogP contribution in [0.15, 0.2) is 176 Å². The molecule has 0 saturated heterocycles. The molecule has 0 amide bonds. The van der Waals surface area contributed by atoms with E-state index in [0.29, 0.717) is 0 Å². The average Bonchev–Trinajstić information content (AvgIpc) is 3.83. The van der Waals surface area contributed by atoms with Gasteiger partial charge in [0.05, 0.1) is 33.8 Å². The van der Waals surface area contributed by atoms with Gasteiger partial charge in [-0.15, -0.1) is 0 Å². The maximum Gasteiger partial charge on any atom is 0.145 e. The lowest BCUT2D eigenvalue weighted by Crippen LogP contribution is -1.99. The zero-order valence-corrected chi connectivity index (χ0v) is 27.5. The SMILES string of the molecule is c1ccc(-c2ccc3c(c2)c2ccncc2n3-c2cccc(-n3c4ccc(-n5c6ccccc6c6ccccc65)cc4c4cccnc43)c2)cc1. The predicted molar refractivity (Wildman–Crippen MR) is 210 cm³/mol. The van der Waals surface area contributed by atoms with E-state index in [9.17, 15) is 0 Å². The van der Waals surface area contributed by atoms with Crippen LogP contribution in [0.4, 0.5) is 0 Å². The summed E-state index contributed by atoms with van der Waals surface area (Å²) in [5, 5.41) is 7.18. The summed E-state index contributed by atoms with van der Waals surface area (Å²) in [4.78, 5) is 9.52. The van der Waals surface area contributed by atoms with Gasteiger partial charge in [0.15, 0.2) is 0 Å². The first kappa shape index (κ1) is 27.9. The van der Waals surface area contributed by atoms with E-state index in [1.165, 1.54) is 43.7 Å². The minimum absolute atomic E-state index is 0.931. The fourth-order valence-electron chi connectivity index (χ4n) is 8.16. The molecule has 5 heterocycles. The number of rotatable bonds is 4. The number of para-hydroxylation sites is 2. The average molecular weight is 652 g/mol. The van der Waals surface area contributed by atoms with Gasteiger partial charge < -0.3 is 9.13 Å². The minimum atomic E-state index is 0.931. The van der Waals surface area contributed by atoms with Crippen molar-refractivity contribution in [3.63, 3.8) is 0 Å². The third kappa shape index (κ3) is 4.09. The van der Waals surface area contributed by atoms with E-state index in [1.54, 1.807) is 0 Å². The Morgan fingerprint density at radius 2 is 0.941 bits per heavy atom. The number of benzene rings is 6. The maximum atomic E-state index is 4.96. The molecular weight excluding hydrogens is 623 g/mol. The molecule has 0 radical (unpaired) electrons. The molecule has 238 valence electrons. The fraction of sp³-hybridized carbons (Fsp3) is 0. The maximum absolute atomic E-state index is 4.96. The highest BCUT2D eigenvalue weighted by atomic mass is 15.1. The summed E-state index contributed by atoms with van der Waals surface area (Å²) >= 11 is 0. The smallest absolute Gasteiger partial charge is 0.145 e. The van der Waals surface area contributed by atoms with Crippen LogP contribution in [-0.4, -0.2) is 23.7 Å². The number of aromatic nitrogens is 5. The highest BCUT2D eigenvalue weighted by Gasteiger charge is 2.19. The van der Waals surface area contributed by atoms with Crippen molar-refractivity contribution < 1.29 is 0 Å². The standard InChI is InChI=1S/C46H29N5/c1-2-10-30(11-3-1)31-19-21-43-39(26-31)37-23-25-47-29-45(37)50(43)32-12-8-13-33(27-32)51-44-22-20-34(28-40(44)38-16-9-24-48-46(38)51)49-41-17-6-4-14-35(41)36-15-5-7-18-42(36)49/h1-29H. The van der Waals surface area contributed by atoms with E-state index in [0.717, 1.165) is 50.0 Å². The summed E-state index contributed by atoms with van der Waals surface area (Å²) in [7, 11) is 0. The molecule has 51 heavy (non-hydrogen) atoms. The van der Waals surface area contributed by atoms with E-state index in [4.69, 9.17) is 4.98 Å². The summed E-state index contributed by atoms with van der Waals surface area (Å²) in [5.41, 5.74) is 12.3. The number of fused-ring (bicyclic) bond motifs is 9. The first-order valence-corrected chi connectivity index (χ1v) is 17.2. The van der Waals surface area contributed by atoms with Crippen molar-refractivity contribution in [1.82, 2.24) is 23.7 Å². The first-order chi connectivity index (χ1) is 25.3. The molecular formula is C46H29N5. The van der Waals surface area contributed by atoms with Crippen molar-refractivity contribution >= 4 is 65.5 Å². The predicted octanol–water partition coefficient (Wildman–Crippen LogP) is 11.4. The second kappa shape index (κ2) is 10.8. The van der Waals surface area contributed by atoms with E-state index in [2.05, 4.69) is 170 Å². The molecule has 11 rings (SSSR count). The van der Waals surface area contributed by atoms with Gasteiger partial charge in [-0.1, -0.05) is 78.9 Å². The molecule has 0 saturated carbocycles. The molecule has 0 bridgehead atoms. The van der Waals surface area contributed by atoms with Gasteiger partial charge >= 0.3 is 0 Å². The van der Waals surface area contributed by atoms with Crippen molar-refractivity contribution in [2.45, 2.75) is 0 Å². The molecule has 5 heteroatoms. The Morgan fingerprint density at radius 3 is 1.76 bits per heavy atom. The number of hydrogen-bond donors (Lipinski definition) is 0. The third-order valence-corrected chi connectivity index (χ3v) is 10.4. The lowest BCUT2D eigenvalue weighted by Gasteiger charge is -2.13. The summed E-state index contributed by atoms with van der Waals surface area (Å²) in [6.45, 7) is 0. The van der Waals surface area contributed by atoms with Crippen LogP contribution in [0.1, 0.15) is 0 Å². The number of nitrogens with zero attached hydrogens (tertiary/aromatic N) is 5. The zero-order chi connectivity index (χ0) is 33.5. The first-order valence-electron chi connectivity index (χ1n) is 17.2. The third-order valence-electron chi connectivity index (χ3n) is 10.4. The summed E-state index contributed by atoms with van der Waals surface area (Å²) in [6.07, 6.45) is 5.75. The van der Waals surface area contributed by atoms with Crippen molar-refractivity contribution in [2.75, 3.05) is 0 Å². The van der Waals surface area contributed by atoms with Crippen molar-refractivity contribution in [3.8, 4) is 28.2 Å². The molecule has 0 spiro atoms. The monoisotopic (exact) mass is 651 g/mol. The molecule has 5 nitrogen and oxygen atoms in total. The topological polar surface area (TPSA) is 40.6 Å². The molecule has 0 aliphatic carbocycles. The van der Waals surface area contributed by atoms with Crippen LogP contribution in [0.3, 0.4) is 0 Å². The fourth-order valence-corrected chi connectivity index (χ4v) is 8.16. The lowest BCUT2D eigenvalue weighted by molar-refractivity contribution is 1.11. The second-order valence-electron chi connectivity index (χ2n) is 13.1. The normalized spacial score (nSPS) is 11.9. The van der Waals surface area contributed by atoms with Crippen LogP contribution in [0.2, 0.25) is 0 Å². The molecule has 0 N–H and O–H groups in total. The van der Waals surface area contributed by atoms with Crippen molar-refractivity contribution in [2.24, 2.45) is 0 Å². The second-order valence-corrected chi connectivity index (χ2v) is 13.1. The zero-order valence-electron chi connectivity index (χ0n) is 27.5. The number of hydrogen-bond acceptors (Lipinski definition) is 2. The van der Waals surface area contributed by atoms with E-state index in [1.807, 2.05) is 24.7 Å². The molecule has 6 aromatic carbocycles. The van der Waals surface area contributed by atoms with Gasteiger partial charge in [0.1, 0.15) is 5.65 Å². The summed E-state index contributed by atoms with van der Waals surface area (Å²) < 4.78 is 7.00. The van der Waals surface area contributed by atoms with Crippen LogP contribution in [-0.2, 0) is 0 Å². The van der Waals surface area contributed by atoms with E-state index in [-0.39, 0.29) is 0 Å². The Bertz CT molecular complexity index is 3090. The van der Waals surface area contributed by atoms with E-state index >= 15 is 0 Å². The molecule has 5 aromatic heterocycles. The highest BCUT2D eigenvalue weighted by Crippen LogP contribution is 2.38. The highest BCUT2D eigenvalue weighted by molar-refractivity contribution is 6.12. The minimum Gasteiger partial charge on any atom is -0.309 e. The van der Waals surface area contributed by atoms with Crippen LogP contribution in [0.25, 0.3) is 93.7 Å². The van der Waals surface area contributed by atoms with Gasteiger partial charge in [-0.2, -0.15) is 0 Å². The number of pyridine rings is 2. The van der Waals surface area contributed by atoms with Gasteiger partial charge in [-0.05, 0) is 90.0 Å². The molecule has 0 unspecified atom stereocenters. The Balaban J connectivity index is 1.12. The van der Waals surface area contributed by atoms with Crippen LogP contribution in [0, 0.1) is 0 Å². The largest absolute Gasteiger partial charge is 0.309 e. The van der Waals surface area contributed by atoms with Crippen molar-refractivity contribution in [3.05, 3.63) is 176 Å². The van der Waals surface area contributed by atoms with Crippen molar-refractivity contribution in [1.29, 1.82) is 0 Å². The van der Waals surface area contributed by atoms with Gasteiger partial charge in [0, 0.05) is 61.8 Å². The van der Waals surface area contributed by atoms with E-state index < -0.39 is 0 Å².